The summed E-state index contributed by atoms with van der Waals surface area (Å²) in [7, 11) is 1.80. The van der Waals surface area contributed by atoms with Crippen LogP contribution in [-0.2, 0) is 4.79 Å². The average molecular weight is 254 g/mol. The van der Waals surface area contributed by atoms with Crippen molar-refractivity contribution in [3.05, 3.63) is 0 Å². The number of urea groups is 1. The predicted molar refractivity (Wildman–Crippen MR) is 67.3 cm³/mol. The normalized spacial score (nSPS) is 28.3. The highest BCUT2D eigenvalue weighted by molar-refractivity contribution is 5.77. The van der Waals surface area contributed by atoms with Gasteiger partial charge in [-0.2, -0.15) is 0 Å². The molecule has 0 spiro atoms. The largest absolute Gasteiger partial charge is 0.481 e. The Hall–Kier alpha value is -1.26. The number of nitrogens with zero attached hydrogens (tertiary/aromatic N) is 1. The number of carboxylic acid groups (broad SMARTS) is 1. The third-order valence-corrected chi connectivity index (χ3v) is 4.33. The smallest absolute Gasteiger partial charge is 0.317 e. The number of carbonyl (C=O) groups is 2. The summed E-state index contributed by atoms with van der Waals surface area (Å²) in [6.45, 7) is 0. The molecule has 0 aromatic heterocycles. The van der Waals surface area contributed by atoms with Crippen molar-refractivity contribution >= 4 is 12.0 Å². The molecule has 2 aliphatic carbocycles. The maximum Gasteiger partial charge on any atom is 0.317 e. The van der Waals surface area contributed by atoms with Crippen LogP contribution < -0.4 is 5.32 Å². The molecule has 18 heavy (non-hydrogen) atoms. The van der Waals surface area contributed by atoms with Crippen LogP contribution >= 0.6 is 0 Å². The molecule has 0 heterocycles. The Bertz CT molecular complexity index is 328. The average Bonchev–Trinajstić information content (AvgIpc) is 2.27. The molecule has 2 saturated carbocycles. The molecule has 2 fully saturated rings. The molecule has 5 nitrogen and oxygen atoms in total. The summed E-state index contributed by atoms with van der Waals surface area (Å²) in [6.07, 6.45) is 6.72. The van der Waals surface area contributed by atoms with E-state index in [0.29, 0.717) is 12.5 Å². The van der Waals surface area contributed by atoms with Gasteiger partial charge in [-0.15, -0.1) is 0 Å². The summed E-state index contributed by atoms with van der Waals surface area (Å²) in [6, 6.07) is 0.0287. The summed E-state index contributed by atoms with van der Waals surface area (Å²) in [5.41, 5.74) is 0. The van der Waals surface area contributed by atoms with Crippen LogP contribution in [-0.4, -0.2) is 41.1 Å². The highest BCUT2D eigenvalue weighted by atomic mass is 16.4. The summed E-state index contributed by atoms with van der Waals surface area (Å²) in [5, 5.41) is 12.1. The molecule has 102 valence electrons. The van der Waals surface area contributed by atoms with Gasteiger partial charge in [0.05, 0.1) is 5.92 Å². The maximum atomic E-state index is 12.0. The Morgan fingerprint density at radius 1 is 1.11 bits per heavy atom. The van der Waals surface area contributed by atoms with E-state index in [1.54, 1.807) is 11.9 Å². The Labute approximate surface area is 108 Å². The molecule has 2 atom stereocenters. The van der Waals surface area contributed by atoms with Crippen molar-refractivity contribution in [2.24, 2.45) is 5.92 Å². The van der Waals surface area contributed by atoms with Gasteiger partial charge < -0.3 is 15.3 Å². The van der Waals surface area contributed by atoms with Gasteiger partial charge in [-0.05, 0) is 32.1 Å². The third-order valence-electron chi connectivity index (χ3n) is 4.33. The zero-order chi connectivity index (χ0) is 13.1. The fourth-order valence-corrected chi connectivity index (χ4v) is 2.80. The van der Waals surface area contributed by atoms with Crippen molar-refractivity contribution in [1.82, 2.24) is 10.2 Å². The molecule has 2 amide bonds. The van der Waals surface area contributed by atoms with Crippen molar-refractivity contribution in [2.45, 2.75) is 57.0 Å². The van der Waals surface area contributed by atoms with Gasteiger partial charge in [-0.3, -0.25) is 4.79 Å². The van der Waals surface area contributed by atoms with E-state index in [1.165, 1.54) is 6.42 Å². The van der Waals surface area contributed by atoms with Crippen molar-refractivity contribution in [2.75, 3.05) is 7.05 Å². The number of hydrogen-bond donors (Lipinski definition) is 2. The lowest BCUT2D eigenvalue weighted by Gasteiger charge is -2.37. The van der Waals surface area contributed by atoms with Crippen molar-refractivity contribution < 1.29 is 14.7 Å². The second kappa shape index (κ2) is 5.59. The minimum Gasteiger partial charge on any atom is -0.481 e. The zero-order valence-electron chi connectivity index (χ0n) is 10.9. The third kappa shape index (κ3) is 2.76. The molecule has 2 aliphatic rings. The van der Waals surface area contributed by atoms with Crippen molar-refractivity contribution in [3.8, 4) is 0 Å². The summed E-state index contributed by atoms with van der Waals surface area (Å²) in [5.74, 6) is -1.20. The van der Waals surface area contributed by atoms with E-state index in [1.807, 2.05) is 0 Å². The summed E-state index contributed by atoms with van der Waals surface area (Å²) < 4.78 is 0. The molecule has 5 heteroatoms. The van der Waals surface area contributed by atoms with Gasteiger partial charge in [0.25, 0.3) is 0 Å². The lowest BCUT2D eigenvalue weighted by Crippen LogP contribution is -2.52. The van der Waals surface area contributed by atoms with Crippen LogP contribution in [0.15, 0.2) is 0 Å². The van der Waals surface area contributed by atoms with E-state index >= 15 is 0 Å². The first-order valence-electron chi connectivity index (χ1n) is 6.85. The number of carbonyl (C=O) groups excluding carboxylic acids is 1. The summed E-state index contributed by atoms with van der Waals surface area (Å²) >= 11 is 0. The Morgan fingerprint density at radius 3 is 2.33 bits per heavy atom. The molecule has 2 unspecified atom stereocenters. The second-order valence-corrected chi connectivity index (χ2v) is 5.48. The monoisotopic (exact) mass is 254 g/mol. The molecule has 0 aliphatic heterocycles. The van der Waals surface area contributed by atoms with Crippen LogP contribution in [0.4, 0.5) is 4.79 Å². The molecule has 2 N–H and O–H groups in total. The van der Waals surface area contributed by atoms with Gasteiger partial charge in [0.2, 0.25) is 0 Å². The lowest BCUT2D eigenvalue weighted by atomic mass is 9.84. The molecule has 0 saturated heterocycles. The number of nitrogens with one attached hydrogen (secondary N) is 1. The standard InChI is InChI=1S/C13H22N2O3/c1-15(9-5-4-6-9)13(18)14-11-8-3-2-7-10(11)12(16)17/h9-11H,2-8H2,1H3,(H,14,18)(H,16,17). The highest BCUT2D eigenvalue weighted by Crippen LogP contribution is 2.26. The van der Waals surface area contributed by atoms with E-state index in [-0.39, 0.29) is 12.1 Å². The number of hydrogen-bond acceptors (Lipinski definition) is 2. The Balaban J connectivity index is 1.89. The van der Waals surface area contributed by atoms with E-state index in [4.69, 9.17) is 5.11 Å². The molecule has 0 radical (unpaired) electrons. The molecule has 0 aromatic rings. The number of rotatable bonds is 3. The predicted octanol–water partition coefficient (Wildman–Crippen LogP) is 1.82. The minimum absolute atomic E-state index is 0.113. The Kier molecular flexibility index (Phi) is 4.09. The first-order valence-corrected chi connectivity index (χ1v) is 6.85. The molecule has 0 bridgehead atoms. The summed E-state index contributed by atoms with van der Waals surface area (Å²) in [4.78, 5) is 24.9. The Morgan fingerprint density at radius 2 is 1.78 bits per heavy atom. The van der Waals surface area contributed by atoms with Gasteiger partial charge in [0, 0.05) is 19.1 Å². The van der Waals surface area contributed by atoms with E-state index < -0.39 is 11.9 Å². The second-order valence-electron chi connectivity index (χ2n) is 5.48. The highest BCUT2D eigenvalue weighted by Gasteiger charge is 2.34. The zero-order valence-corrected chi connectivity index (χ0v) is 10.9. The topological polar surface area (TPSA) is 69.6 Å². The number of aliphatic carboxylic acids is 1. The van der Waals surface area contributed by atoms with Gasteiger partial charge in [0.1, 0.15) is 0 Å². The molecule has 0 aromatic carbocycles. The van der Waals surface area contributed by atoms with Crippen LogP contribution in [0.5, 0.6) is 0 Å². The molecular formula is C13H22N2O3. The van der Waals surface area contributed by atoms with Gasteiger partial charge in [0.15, 0.2) is 0 Å². The molecular weight excluding hydrogens is 232 g/mol. The van der Waals surface area contributed by atoms with Gasteiger partial charge in [-0.25, -0.2) is 4.79 Å². The fraction of sp³-hybridized carbons (Fsp3) is 0.846. The molecule has 2 rings (SSSR count). The van der Waals surface area contributed by atoms with Crippen LogP contribution in [0, 0.1) is 5.92 Å². The number of amides is 2. The fourth-order valence-electron chi connectivity index (χ4n) is 2.80. The van der Waals surface area contributed by atoms with Crippen LogP contribution in [0.25, 0.3) is 0 Å². The first-order chi connectivity index (χ1) is 8.59. The maximum absolute atomic E-state index is 12.0. The van der Waals surface area contributed by atoms with Crippen LogP contribution in [0.3, 0.4) is 0 Å². The lowest BCUT2D eigenvalue weighted by molar-refractivity contribution is -0.143. The van der Waals surface area contributed by atoms with Crippen molar-refractivity contribution in [3.63, 3.8) is 0 Å². The quantitative estimate of drug-likeness (QED) is 0.807. The van der Waals surface area contributed by atoms with E-state index in [2.05, 4.69) is 5.32 Å². The first kappa shape index (κ1) is 13.2. The number of carboxylic acids is 1. The van der Waals surface area contributed by atoms with Crippen LogP contribution in [0.1, 0.15) is 44.9 Å². The minimum atomic E-state index is -0.786. The van der Waals surface area contributed by atoms with Gasteiger partial charge >= 0.3 is 12.0 Å². The van der Waals surface area contributed by atoms with Crippen molar-refractivity contribution in [1.29, 1.82) is 0 Å². The van der Waals surface area contributed by atoms with E-state index in [0.717, 1.165) is 32.1 Å². The van der Waals surface area contributed by atoms with Gasteiger partial charge in [-0.1, -0.05) is 12.8 Å². The van der Waals surface area contributed by atoms with Crippen LogP contribution in [0.2, 0.25) is 0 Å². The SMILES string of the molecule is CN(C(=O)NC1CCCCC1C(=O)O)C1CCC1. The van der Waals surface area contributed by atoms with E-state index in [9.17, 15) is 9.59 Å².